The molecule has 1 nitrogen and oxygen atoms in total. The van der Waals surface area contributed by atoms with Crippen LogP contribution in [-0.4, -0.2) is 0 Å². The Morgan fingerprint density at radius 1 is 1.17 bits per heavy atom. The van der Waals surface area contributed by atoms with Crippen LogP contribution in [0.3, 0.4) is 0 Å². The molecule has 0 saturated heterocycles. The topological polar surface area (TPSA) is 12.0 Å². The Hall–Kier alpha value is -1.12. The Bertz CT molecular complexity index is 494. The predicted octanol–water partition coefficient (Wildman–Crippen LogP) is 4.23. The van der Waals surface area contributed by atoms with E-state index in [1.807, 2.05) is 11.3 Å². The minimum absolute atomic E-state index is 0.234. The molecule has 1 saturated carbocycles. The zero-order chi connectivity index (χ0) is 12.4. The average molecular weight is 257 g/mol. The van der Waals surface area contributed by atoms with Crippen LogP contribution in [0.5, 0.6) is 0 Å². The van der Waals surface area contributed by atoms with Gasteiger partial charge in [0.15, 0.2) is 0 Å². The van der Waals surface area contributed by atoms with Gasteiger partial charge in [-0.3, -0.25) is 0 Å². The van der Waals surface area contributed by atoms with Crippen LogP contribution in [0.25, 0.3) is 0 Å². The zero-order valence-electron chi connectivity index (χ0n) is 10.8. The number of benzene rings is 1. The summed E-state index contributed by atoms with van der Waals surface area (Å²) < 4.78 is 0. The fraction of sp³-hybridized carbons (Fsp3) is 0.375. The molecule has 0 bridgehead atoms. The summed E-state index contributed by atoms with van der Waals surface area (Å²) in [5, 5.41) is 5.93. The molecule has 1 N–H and O–H groups in total. The monoisotopic (exact) mass is 257 g/mol. The lowest BCUT2D eigenvalue weighted by atomic mass is 9.71. The third-order valence-corrected chi connectivity index (χ3v) is 4.87. The van der Waals surface area contributed by atoms with E-state index in [1.54, 1.807) is 0 Å². The molecule has 0 atom stereocenters. The first-order valence-corrected chi connectivity index (χ1v) is 7.51. The number of hydrogen-bond acceptors (Lipinski definition) is 2. The second-order valence-corrected chi connectivity index (χ2v) is 6.27. The molecule has 1 fully saturated rings. The van der Waals surface area contributed by atoms with Crippen molar-refractivity contribution < 1.29 is 0 Å². The van der Waals surface area contributed by atoms with Gasteiger partial charge in [0.1, 0.15) is 0 Å². The van der Waals surface area contributed by atoms with Gasteiger partial charge in [-0.1, -0.05) is 35.9 Å². The number of thiophene rings is 1. The van der Waals surface area contributed by atoms with E-state index in [2.05, 4.69) is 54.0 Å². The summed E-state index contributed by atoms with van der Waals surface area (Å²) >= 11 is 1.83. The lowest BCUT2D eigenvalue weighted by Gasteiger charge is -2.43. The highest BCUT2D eigenvalue weighted by Crippen LogP contribution is 2.41. The van der Waals surface area contributed by atoms with E-state index in [0.717, 1.165) is 6.54 Å². The van der Waals surface area contributed by atoms with Gasteiger partial charge in [-0.25, -0.2) is 0 Å². The zero-order valence-corrected chi connectivity index (χ0v) is 11.6. The number of aryl methyl sites for hydroxylation is 1. The molecule has 0 amide bonds. The highest BCUT2D eigenvalue weighted by atomic mass is 32.1. The molecule has 1 heterocycles. The van der Waals surface area contributed by atoms with Crippen LogP contribution >= 0.6 is 11.3 Å². The van der Waals surface area contributed by atoms with E-state index in [9.17, 15) is 0 Å². The normalized spacial score (nSPS) is 17.4. The molecule has 0 unspecified atom stereocenters. The molecular weight excluding hydrogens is 238 g/mol. The van der Waals surface area contributed by atoms with Crippen molar-refractivity contribution in [1.29, 1.82) is 0 Å². The Kier molecular flexibility index (Phi) is 3.23. The minimum Gasteiger partial charge on any atom is -0.302 e. The number of nitrogens with one attached hydrogen (secondary N) is 1. The molecule has 1 aliphatic rings. The van der Waals surface area contributed by atoms with E-state index in [1.165, 1.54) is 35.3 Å². The standard InChI is InChI=1S/C16H19NS/c1-13-5-7-14(8-6-13)16(9-3-10-16)17-12-15-4-2-11-18-15/h2,4-8,11,17H,3,9-10,12H2,1H3. The SMILES string of the molecule is Cc1ccc(C2(NCc3cccs3)CCC2)cc1. The quantitative estimate of drug-likeness (QED) is 0.864. The highest BCUT2D eigenvalue weighted by molar-refractivity contribution is 7.09. The van der Waals surface area contributed by atoms with E-state index >= 15 is 0 Å². The first kappa shape index (κ1) is 11.9. The first-order chi connectivity index (χ1) is 8.78. The Labute approximate surface area is 113 Å². The molecule has 1 aromatic carbocycles. The summed E-state index contributed by atoms with van der Waals surface area (Å²) in [6.45, 7) is 3.14. The molecule has 3 rings (SSSR count). The van der Waals surface area contributed by atoms with Crippen molar-refractivity contribution in [3.05, 3.63) is 57.8 Å². The van der Waals surface area contributed by atoms with Gasteiger partial charge in [-0.05, 0) is 43.2 Å². The molecule has 1 aliphatic carbocycles. The second kappa shape index (κ2) is 4.87. The first-order valence-electron chi connectivity index (χ1n) is 6.63. The smallest absolute Gasteiger partial charge is 0.0437 e. The van der Waals surface area contributed by atoms with Gasteiger partial charge in [0.2, 0.25) is 0 Å². The Balaban J connectivity index is 1.75. The van der Waals surface area contributed by atoms with Crippen molar-refractivity contribution in [3.63, 3.8) is 0 Å². The predicted molar refractivity (Wildman–Crippen MR) is 77.9 cm³/mol. The molecule has 18 heavy (non-hydrogen) atoms. The van der Waals surface area contributed by atoms with E-state index in [4.69, 9.17) is 0 Å². The van der Waals surface area contributed by atoms with Crippen LogP contribution in [0.15, 0.2) is 41.8 Å². The lowest BCUT2D eigenvalue weighted by Crippen LogP contribution is -2.47. The van der Waals surface area contributed by atoms with Gasteiger partial charge in [-0.2, -0.15) is 0 Å². The number of hydrogen-bond donors (Lipinski definition) is 1. The highest BCUT2D eigenvalue weighted by Gasteiger charge is 2.37. The van der Waals surface area contributed by atoms with Crippen LogP contribution < -0.4 is 5.32 Å². The van der Waals surface area contributed by atoms with E-state index < -0.39 is 0 Å². The van der Waals surface area contributed by atoms with Crippen LogP contribution in [-0.2, 0) is 12.1 Å². The molecule has 0 aliphatic heterocycles. The second-order valence-electron chi connectivity index (χ2n) is 5.23. The third-order valence-electron chi connectivity index (χ3n) is 3.99. The largest absolute Gasteiger partial charge is 0.302 e. The van der Waals surface area contributed by atoms with Gasteiger partial charge < -0.3 is 5.32 Å². The number of rotatable bonds is 4. The van der Waals surface area contributed by atoms with Gasteiger partial charge >= 0.3 is 0 Å². The molecular formula is C16H19NS. The summed E-state index contributed by atoms with van der Waals surface area (Å²) in [5.74, 6) is 0. The van der Waals surface area contributed by atoms with Crippen molar-refractivity contribution in [2.75, 3.05) is 0 Å². The summed E-state index contributed by atoms with van der Waals surface area (Å²) in [6.07, 6.45) is 3.87. The fourth-order valence-corrected chi connectivity index (χ4v) is 3.28. The maximum absolute atomic E-state index is 3.78. The maximum atomic E-state index is 3.78. The molecule has 0 radical (unpaired) electrons. The summed E-state index contributed by atoms with van der Waals surface area (Å²) in [6, 6.07) is 13.4. The lowest BCUT2D eigenvalue weighted by molar-refractivity contribution is 0.184. The van der Waals surface area contributed by atoms with Crippen molar-refractivity contribution in [1.82, 2.24) is 5.32 Å². The average Bonchev–Trinajstić information content (AvgIpc) is 2.83. The minimum atomic E-state index is 0.234. The van der Waals surface area contributed by atoms with E-state index in [0.29, 0.717) is 0 Å². The van der Waals surface area contributed by atoms with Crippen LogP contribution in [0.2, 0.25) is 0 Å². The van der Waals surface area contributed by atoms with Crippen molar-refractivity contribution in [2.24, 2.45) is 0 Å². The third kappa shape index (κ3) is 2.23. The molecule has 1 aromatic heterocycles. The molecule has 2 heteroatoms. The van der Waals surface area contributed by atoms with E-state index in [-0.39, 0.29) is 5.54 Å². The van der Waals surface area contributed by atoms with Gasteiger partial charge in [0, 0.05) is 17.0 Å². The van der Waals surface area contributed by atoms with Gasteiger partial charge in [0.25, 0.3) is 0 Å². The van der Waals surface area contributed by atoms with Gasteiger partial charge in [0.05, 0.1) is 0 Å². The Morgan fingerprint density at radius 2 is 1.94 bits per heavy atom. The fourth-order valence-electron chi connectivity index (χ4n) is 2.64. The molecule has 2 aromatic rings. The van der Waals surface area contributed by atoms with Crippen LogP contribution in [0, 0.1) is 6.92 Å². The summed E-state index contributed by atoms with van der Waals surface area (Å²) in [7, 11) is 0. The summed E-state index contributed by atoms with van der Waals surface area (Å²) in [5.41, 5.74) is 3.03. The van der Waals surface area contributed by atoms with Crippen molar-refractivity contribution in [2.45, 2.75) is 38.3 Å². The van der Waals surface area contributed by atoms with Crippen LogP contribution in [0.1, 0.15) is 35.3 Å². The summed E-state index contributed by atoms with van der Waals surface area (Å²) in [4.78, 5) is 1.42. The van der Waals surface area contributed by atoms with Crippen molar-refractivity contribution in [3.8, 4) is 0 Å². The molecule has 0 spiro atoms. The Morgan fingerprint density at radius 3 is 2.50 bits per heavy atom. The van der Waals surface area contributed by atoms with Gasteiger partial charge in [-0.15, -0.1) is 11.3 Å². The van der Waals surface area contributed by atoms with Crippen LogP contribution in [0.4, 0.5) is 0 Å². The maximum Gasteiger partial charge on any atom is 0.0437 e. The van der Waals surface area contributed by atoms with Crippen molar-refractivity contribution >= 4 is 11.3 Å². The molecule has 94 valence electrons.